The predicted octanol–water partition coefficient (Wildman–Crippen LogP) is 1.92. The lowest BCUT2D eigenvalue weighted by Gasteiger charge is -2.44. The summed E-state index contributed by atoms with van der Waals surface area (Å²) in [7, 11) is 0. The van der Waals surface area contributed by atoms with Gasteiger partial charge in [0, 0.05) is 11.0 Å². The van der Waals surface area contributed by atoms with Crippen LogP contribution in [0.1, 0.15) is 27.2 Å². The zero-order valence-electron chi connectivity index (χ0n) is 13.1. The highest BCUT2D eigenvalue weighted by Crippen LogP contribution is 2.32. The average molecular weight is 310 g/mol. The highest BCUT2D eigenvalue weighted by atomic mass is 16.7. The van der Waals surface area contributed by atoms with E-state index in [9.17, 15) is 9.59 Å². The third kappa shape index (κ3) is 4.47. The van der Waals surface area contributed by atoms with Gasteiger partial charge in [0.05, 0.1) is 12.1 Å². The van der Waals surface area contributed by atoms with Gasteiger partial charge in [-0.3, -0.25) is 4.79 Å². The van der Waals surface area contributed by atoms with Crippen LogP contribution in [0, 0.1) is 11.8 Å². The second kappa shape index (κ2) is 8.41. The Balaban J connectivity index is 2.89. The molecule has 1 N–H and O–H groups in total. The number of nitrogens with one attached hydrogen (secondary N) is 1. The number of hydrogen-bond donors (Lipinski definition) is 1. The maximum atomic E-state index is 11.8. The largest absolute Gasteiger partial charge is 0.430 e. The fourth-order valence-electron chi connectivity index (χ4n) is 2.55. The van der Waals surface area contributed by atoms with Crippen molar-refractivity contribution in [1.29, 1.82) is 0 Å². The van der Waals surface area contributed by atoms with E-state index in [-0.39, 0.29) is 24.5 Å². The standard InChI is InChI=1S/C14H22N4O4/c1-5-10-8(3)9(4)13(17-11(19)7-16-18-15)14(21-10)22-12(20)6-2/h6,8-10,13-14H,2,5,7H2,1,3-4H3,(H,17,19)/t8-,9-,10?,13?,14-/m0/s1. The summed E-state index contributed by atoms with van der Waals surface area (Å²) in [5, 5.41) is 5.94. The summed E-state index contributed by atoms with van der Waals surface area (Å²) in [5.74, 6) is -0.860. The number of hydrogen-bond acceptors (Lipinski definition) is 5. The molecular formula is C14H22N4O4. The van der Waals surface area contributed by atoms with Gasteiger partial charge < -0.3 is 14.8 Å². The van der Waals surface area contributed by atoms with Crippen LogP contribution >= 0.6 is 0 Å². The maximum Gasteiger partial charge on any atom is 0.332 e. The molecule has 0 aliphatic carbocycles. The molecule has 5 atom stereocenters. The Labute approximate surface area is 129 Å². The molecule has 1 amide bonds. The van der Waals surface area contributed by atoms with Crippen molar-refractivity contribution in [3.63, 3.8) is 0 Å². The molecular weight excluding hydrogens is 288 g/mol. The number of rotatable bonds is 6. The Morgan fingerprint density at radius 1 is 1.45 bits per heavy atom. The molecule has 1 rings (SSSR count). The molecule has 1 aliphatic heterocycles. The molecule has 0 saturated carbocycles. The first kappa shape index (κ1) is 18.0. The molecule has 1 fully saturated rings. The van der Waals surface area contributed by atoms with Crippen molar-refractivity contribution < 1.29 is 19.1 Å². The van der Waals surface area contributed by atoms with Crippen LogP contribution in [0.15, 0.2) is 17.8 Å². The number of esters is 1. The molecule has 8 heteroatoms. The number of ether oxygens (including phenoxy) is 2. The smallest absolute Gasteiger partial charge is 0.332 e. The van der Waals surface area contributed by atoms with Crippen LogP contribution in [0.4, 0.5) is 0 Å². The van der Waals surface area contributed by atoms with Crippen molar-refractivity contribution in [2.24, 2.45) is 17.0 Å². The molecule has 2 unspecified atom stereocenters. The molecule has 0 spiro atoms. The molecule has 0 aromatic heterocycles. The summed E-state index contributed by atoms with van der Waals surface area (Å²) in [6.45, 7) is 9.01. The zero-order valence-corrected chi connectivity index (χ0v) is 13.1. The van der Waals surface area contributed by atoms with E-state index >= 15 is 0 Å². The highest BCUT2D eigenvalue weighted by molar-refractivity contribution is 5.81. The summed E-state index contributed by atoms with van der Waals surface area (Å²) in [5.41, 5.74) is 8.26. The molecule has 122 valence electrons. The summed E-state index contributed by atoms with van der Waals surface area (Å²) in [6.07, 6.45) is 0.860. The average Bonchev–Trinajstić information content (AvgIpc) is 2.51. The predicted molar refractivity (Wildman–Crippen MR) is 79.5 cm³/mol. The fourth-order valence-corrected chi connectivity index (χ4v) is 2.55. The lowest BCUT2D eigenvalue weighted by Crippen LogP contribution is -2.58. The molecule has 1 heterocycles. The Bertz CT molecular complexity index is 475. The number of azide groups is 1. The maximum absolute atomic E-state index is 11.8. The quantitative estimate of drug-likeness (QED) is 0.265. The van der Waals surface area contributed by atoms with E-state index in [4.69, 9.17) is 15.0 Å². The van der Waals surface area contributed by atoms with Crippen LogP contribution in [-0.4, -0.2) is 36.9 Å². The number of carbonyl (C=O) groups is 2. The van der Waals surface area contributed by atoms with Gasteiger partial charge in [-0.05, 0) is 23.8 Å². The molecule has 0 aromatic rings. The number of amides is 1. The Kier molecular flexibility index (Phi) is 6.88. The van der Waals surface area contributed by atoms with Gasteiger partial charge in [0.15, 0.2) is 0 Å². The summed E-state index contributed by atoms with van der Waals surface area (Å²) in [6, 6.07) is -0.511. The number of nitrogens with zero attached hydrogens (tertiary/aromatic N) is 3. The minimum Gasteiger partial charge on any atom is -0.430 e. The molecule has 0 aromatic carbocycles. The second-order valence-electron chi connectivity index (χ2n) is 5.29. The molecule has 0 radical (unpaired) electrons. The van der Waals surface area contributed by atoms with Crippen LogP contribution in [0.3, 0.4) is 0 Å². The van der Waals surface area contributed by atoms with Gasteiger partial charge in [-0.2, -0.15) is 0 Å². The lowest BCUT2D eigenvalue weighted by atomic mass is 9.81. The first-order valence-corrected chi connectivity index (χ1v) is 7.23. The lowest BCUT2D eigenvalue weighted by molar-refractivity contribution is -0.229. The zero-order chi connectivity index (χ0) is 16.7. The summed E-state index contributed by atoms with van der Waals surface area (Å²) < 4.78 is 11.0. The van der Waals surface area contributed by atoms with Gasteiger partial charge in [-0.15, -0.1) is 0 Å². The van der Waals surface area contributed by atoms with E-state index < -0.39 is 24.2 Å². The van der Waals surface area contributed by atoms with E-state index in [1.165, 1.54) is 0 Å². The third-order valence-corrected chi connectivity index (χ3v) is 3.99. The van der Waals surface area contributed by atoms with Crippen LogP contribution in [0.25, 0.3) is 10.4 Å². The van der Waals surface area contributed by atoms with Crippen LogP contribution in [-0.2, 0) is 19.1 Å². The van der Waals surface area contributed by atoms with Gasteiger partial charge in [0.1, 0.15) is 6.54 Å². The molecule has 22 heavy (non-hydrogen) atoms. The topological polar surface area (TPSA) is 113 Å². The highest BCUT2D eigenvalue weighted by Gasteiger charge is 2.43. The van der Waals surface area contributed by atoms with Gasteiger partial charge in [0.2, 0.25) is 12.2 Å². The van der Waals surface area contributed by atoms with E-state index in [0.717, 1.165) is 12.5 Å². The first-order chi connectivity index (χ1) is 10.4. The molecule has 0 bridgehead atoms. The first-order valence-electron chi connectivity index (χ1n) is 7.23. The van der Waals surface area contributed by atoms with Crippen molar-refractivity contribution in [1.82, 2.24) is 5.32 Å². The summed E-state index contributed by atoms with van der Waals surface area (Å²) in [4.78, 5) is 25.8. The molecule has 8 nitrogen and oxygen atoms in total. The van der Waals surface area contributed by atoms with E-state index in [2.05, 4.69) is 21.9 Å². The Hall–Kier alpha value is -2.05. The van der Waals surface area contributed by atoms with Gasteiger partial charge in [-0.1, -0.05) is 32.5 Å². The minimum atomic E-state index is -0.892. The normalized spacial score (nSPS) is 30.8. The van der Waals surface area contributed by atoms with Gasteiger partial charge in [0.25, 0.3) is 0 Å². The van der Waals surface area contributed by atoms with Crippen LogP contribution < -0.4 is 5.32 Å². The van der Waals surface area contributed by atoms with Gasteiger partial charge >= 0.3 is 5.97 Å². The van der Waals surface area contributed by atoms with Crippen molar-refractivity contribution in [2.75, 3.05) is 6.54 Å². The van der Waals surface area contributed by atoms with Crippen molar-refractivity contribution in [3.8, 4) is 0 Å². The van der Waals surface area contributed by atoms with Crippen molar-refractivity contribution in [3.05, 3.63) is 23.1 Å². The second-order valence-corrected chi connectivity index (χ2v) is 5.29. The minimum absolute atomic E-state index is 0.0244. The van der Waals surface area contributed by atoms with Crippen molar-refractivity contribution >= 4 is 11.9 Å². The number of carbonyl (C=O) groups excluding carboxylic acids is 2. The summed E-state index contributed by atoms with van der Waals surface area (Å²) >= 11 is 0. The van der Waals surface area contributed by atoms with Gasteiger partial charge in [-0.25, -0.2) is 4.79 Å². The van der Waals surface area contributed by atoms with E-state index in [1.807, 2.05) is 20.8 Å². The Morgan fingerprint density at radius 3 is 2.68 bits per heavy atom. The molecule has 1 saturated heterocycles. The third-order valence-electron chi connectivity index (χ3n) is 3.99. The van der Waals surface area contributed by atoms with E-state index in [1.54, 1.807) is 0 Å². The van der Waals surface area contributed by atoms with E-state index in [0.29, 0.717) is 0 Å². The van der Waals surface area contributed by atoms with Crippen molar-refractivity contribution in [2.45, 2.75) is 45.6 Å². The van der Waals surface area contributed by atoms with Crippen LogP contribution in [0.5, 0.6) is 0 Å². The monoisotopic (exact) mass is 310 g/mol. The molecule has 1 aliphatic rings. The van der Waals surface area contributed by atoms with Crippen LogP contribution in [0.2, 0.25) is 0 Å². The fraction of sp³-hybridized carbons (Fsp3) is 0.714. The SMILES string of the molecule is C=CC(=O)O[C@@H]1OC(CC)[C@@H](C)[C@H](C)C1NC(=O)CN=[N+]=[N-]. The Morgan fingerprint density at radius 2 is 2.14 bits per heavy atom.